The van der Waals surface area contributed by atoms with Gasteiger partial charge in [-0.15, -0.1) is 0 Å². The lowest BCUT2D eigenvalue weighted by atomic mass is 9.76. The van der Waals surface area contributed by atoms with Gasteiger partial charge in [0.05, 0.1) is 22.4 Å². The highest BCUT2D eigenvalue weighted by atomic mass is 16.6. The molecule has 0 spiro atoms. The normalized spacial score (nSPS) is 30.5. The maximum absolute atomic E-state index is 12.9. The summed E-state index contributed by atoms with van der Waals surface area (Å²) in [5.74, 6) is -0.0373. The van der Waals surface area contributed by atoms with Gasteiger partial charge in [-0.05, 0) is 56.1 Å². The Kier molecular flexibility index (Phi) is 4.85. The topological polar surface area (TPSA) is 83.8 Å². The highest BCUT2D eigenvalue weighted by Gasteiger charge is 2.50. The molecule has 28 heavy (non-hydrogen) atoms. The van der Waals surface area contributed by atoms with Crippen molar-refractivity contribution in [2.24, 2.45) is 23.7 Å². The zero-order valence-corrected chi connectivity index (χ0v) is 16.5. The Labute approximate surface area is 164 Å². The first kappa shape index (κ1) is 18.9. The van der Waals surface area contributed by atoms with Gasteiger partial charge in [-0.2, -0.15) is 0 Å². The Morgan fingerprint density at radius 2 is 1.79 bits per heavy atom. The van der Waals surface area contributed by atoms with Crippen LogP contribution in [0.15, 0.2) is 18.2 Å². The van der Waals surface area contributed by atoms with Crippen LogP contribution in [-0.2, 0) is 9.59 Å². The maximum Gasteiger partial charge on any atom is 0.294 e. The van der Waals surface area contributed by atoms with Crippen molar-refractivity contribution in [1.29, 1.82) is 0 Å². The van der Waals surface area contributed by atoms with Crippen LogP contribution in [0.25, 0.3) is 0 Å². The van der Waals surface area contributed by atoms with Crippen molar-refractivity contribution < 1.29 is 14.5 Å². The molecule has 0 unspecified atom stereocenters. The molecule has 2 aliphatic heterocycles. The number of anilines is 2. The van der Waals surface area contributed by atoms with Crippen LogP contribution in [-0.4, -0.2) is 29.8 Å². The molecule has 1 saturated carbocycles. The Balaban J connectivity index is 1.67. The van der Waals surface area contributed by atoms with Crippen molar-refractivity contribution >= 4 is 28.9 Å². The summed E-state index contributed by atoms with van der Waals surface area (Å²) >= 11 is 0. The van der Waals surface area contributed by atoms with Gasteiger partial charge in [0.15, 0.2) is 0 Å². The van der Waals surface area contributed by atoms with Crippen LogP contribution >= 0.6 is 0 Å². The summed E-state index contributed by atoms with van der Waals surface area (Å²) in [6.45, 7) is 5.82. The van der Waals surface area contributed by atoms with Crippen LogP contribution < -0.4 is 9.80 Å². The summed E-state index contributed by atoms with van der Waals surface area (Å²) < 4.78 is 0. The van der Waals surface area contributed by atoms with E-state index in [1.54, 1.807) is 12.1 Å². The number of carbonyl (C=O) groups is 2. The third-order valence-electron chi connectivity index (χ3n) is 6.60. The second-order valence-corrected chi connectivity index (χ2v) is 8.77. The summed E-state index contributed by atoms with van der Waals surface area (Å²) in [5.41, 5.74) is 0.874. The summed E-state index contributed by atoms with van der Waals surface area (Å²) in [6, 6.07) is 4.81. The molecule has 2 amide bonds. The Morgan fingerprint density at radius 3 is 2.50 bits per heavy atom. The smallest absolute Gasteiger partial charge is 0.294 e. The maximum atomic E-state index is 12.9. The van der Waals surface area contributed by atoms with Crippen LogP contribution in [0.3, 0.4) is 0 Å². The molecule has 3 aliphatic rings. The number of benzene rings is 1. The van der Waals surface area contributed by atoms with Crippen molar-refractivity contribution in [3.63, 3.8) is 0 Å². The number of nitrogens with zero attached hydrogens (tertiary/aromatic N) is 3. The summed E-state index contributed by atoms with van der Waals surface area (Å²) in [7, 11) is 0. The van der Waals surface area contributed by atoms with Gasteiger partial charge in [-0.1, -0.05) is 13.8 Å². The van der Waals surface area contributed by atoms with Gasteiger partial charge >= 0.3 is 0 Å². The van der Waals surface area contributed by atoms with Crippen molar-refractivity contribution in [1.82, 2.24) is 0 Å². The van der Waals surface area contributed by atoms with E-state index in [2.05, 4.69) is 13.8 Å². The van der Waals surface area contributed by atoms with Gasteiger partial charge in [-0.25, -0.2) is 4.90 Å². The molecule has 3 fully saturated rings. The van der Waals surface area contributed by atoms with Crippen molar-refractivity contribution in [3.8, 4) is 0 Å². The number of hydrogen-bond donors (Lipinski definition) is 0. The standard InChI is InChI=1S/C21H27N3O4/c1-13-5-7-16-17(10-13)21(26)23(20(16)25)15-6-8-18(19(11-15)24(27)28)22-9-3-4-14(2)12-22/h6,8,11,13-14,16-17H,3-5,7,9-10,12H2,1-2H3/t13-,14-,16+,17-/m1/s1. The molecule has 0 radical (unpaired) electrons. The molecule has 1 aromatic carbocycles. The molecule has 2 saturated heterocycles. The molecular formula is C21H27N3O4. The minimum absolute atomic E-state index is 0.0320. The fourth-order valence-electron chi connectivity index (χ4n) is 5.12. The molecule has 0 aromatic heterocycles. The predicted molar refractivity (Wildman–Crippen MR) is 106 cm³/mol. The monoisotopic (exact) mass is 385 g/mol. The van der Waals surface area contributed by atoms with Crippen LogP contribution in [0.5, 0.6) is 0 Å². The third kappa shape index (κ3) is 3.16. The van der Waals surface area contributed by atoms with Crippen LogP contribution in [0, 0.1) is 33.8 Å². The van der Waals surface area contributed by atoms with E-state index >= 15 is 0 Å². The number of piperidine rings is 1. The highest BCUT2D eigenvalue weighted by Crippen LogP contribution is 2.43. The van der Waals surface area contributed by atoms with Gasteiger partial charge in [0, 0.05) is 19.2 Å². The third-order valence-corrected chi connectivity index (χ3v) is 6.60. The Hall–Kier alpha value is -2.44. The predicted octanol–water partition coefficient (Wildman–Crippen LogP) is 3.76. The highest BCUT2D eigenvalue weighted by molar-refractivity contribution is 6.22. The lowest BCUT2D eigenvalue weighted by Crippen LogP contribution is -2.35. The van der Waals surface area contributed by atoms with Crippen LogP contribution in [0.2, 0.25) is 0 Å². The number of fused-ring (bicyclic) bond motifs is 1. The molecule has 1 aliphatic carbocycles. The second kappa shape index (κ2) is 7.18. The molecule has 1 aromatic rings. The molecule has 150 valence electrons. The second-order valence-electron chi connectivity index (χ2n) is 8.77. The van der Waals surface area contributed by atoms with Crippen LogP contribution in [0.4, 0.5) is 17.1 Å². The first-order chi connectivity index (χ1) is 13.4. The van der Waals surface area contributed by atoms with Gasteiger partial charge in [0.2, 0.25) is 11.8 Å². The molecule has 0 bridgehead atoms. The number of carbonyl (C=O) groups excluding carboxylic acids is 2. The summed E-state index contributed by atoms with van der Waals surface area (Å²) in [5, 5.41) is 11.8. The number of nitro groups is 1. The molecule has 4 rings (SSSR count). The van der Waals surface area contributed by atoms with Gasteiger partial charge in [0.25, 0.3) is 5.69 Å². The number of hydrogen-bond acceptors (Lipinski definition) is 5. The largest absolute Gasteiger partial charge is 0.366 e. The van der Waals surface area contributed by atoms with Crippen molar-refractivity contribution in [2.75, 3.05) is 22.9 Å². The molecule has 0 N–H and O–H groups in total. The van der Waals surface area contributed by atoms with E-state index in [9.17, 15) is 19.7 Å². The van der Waals surface area contributed by atoms with E-state index in [0.717, 1.165) is 45.2 Å². The fraction of sp³-hybridized carbons (Fsp3) is 0.619. The minimum atomic E-state index is -0.405. The zero-order chi connectivity index (χ0) is 20.0. The molecular weight excluding hydrogens is 358 g/mol. The van der Waals surface area contributed by atoms with Gasteiger partial charge in [0.1, 0.15) is 5.69 Å². The van der Waals surface area contributed by atoms with E-state index in [4.69, 9.17) is 0 Å². The number of imide groups is 1. The van der Waals surface area contributed by atoms with Gasteiger partial charge in [-0.3, -0.25) is 19.7 Å². The van der Waals surface area contributed by atoms with E-state index in [1.165, 1.54) is 11.0 Å². The fourth-order valence-corrected chi connectivity index (χ4v) is 5.12. The molecule has 2 heterocycles. The number of nitro benzene ring substituents is 1. The quantitative estimate of drug-likeness (QED) is 0.449. The molecule has 7 nitrogen and oxygen atoms in total. The SMILES string of the molecule is C[C@@H]1CC[C@@H]2C(=O)N(c3ccc(N4CCC[C@@H](C)C4)c([N+](=O)[O-])c3)C(=O)[C@@H]2C1. The lowest BCUT2D eigenvalue weighted by Gasteiger charge is -2.32. The van der Waals surface area contributed by atoms with E-state index in [1.807, 2.05) is 4.90 Å². The van der Waals surface area contributed by atoms with Crippen molar-refractivity contribution in [2.45, 2.75) is 46.0 Å². The van der Waals surface area contributed by atoms with Crippen molar-refractivity contribution in [3.05, 3.63) is 28.3 Å². The summed E-state index contributed by atoms with van der Waals surface area (Å²) in [4.78, 5) is 40.4. The lowest BCUT2D eigenvalue weighted by molar-refractivity contribution is -0.384. The minimum Gasteiger partial charge on any atom is -0.366 e. The van der Waals surface area contributed by atoms with E-state index in [-0.39, 0.29) is 29.3 Å². The first-order valence-electron chi connectivity index (χ1n) is 10.3. The van der Waals surface area contributed by atoms with E-state index < -0.39 is 4.92 Å². The number of rotatable bonds is 3. The molecule has 4 atom stereocenters. The zero-order valence-electron chi connectivity index (χ0n) is 16.5. The van der Waals surface area contributed by atoms with Gasteiger partial charge < -0.3 is 4.90 Å². The van der Waals surface area contributed by atoms with E-state index in [0.29, 0.717) is 23.2 Å². The first-order valence-corrected chi connectivity index (χ1v) is 10.3. The Morgan fingerprint density at radius 1 is 1.04 bits per heavy atom. The average Bonchev–Trinajstić information content (AvgIpc) is 2.91. The Bertz CT molecular complexity index is 824. The van der Waals surface area contributed by atoms with Crippen LogP contribution in [0.1, 0.15) is 46.0 Å². The molecule has 7 heteroatoms. The summed E-state index contributed by atoms with van der Waals surface area (Å²) in [6.07, 6.45) is 4.52. The number of amides is 2. The average molecular weight is 385 g/mol.